The third-order valence-electron chi connectivity index (χ3n) is 5.05. The maximum Gasteiger partial charge on any atom is 0.274 e. The molecule has 0 amide bonds. The number of para-hydroxylation sites is 3. The summed E-state index contributed by atoms with van der Waals surface area (Å²) in [6.07, 6.45) is 1.80. The summed E-state index contributed by atoms with van der Waals surface area (Å²) >= 11 is 13.6. The SMILES string of the molecule is COc1cccc(C=c2sc3nc4ccccc4n3c2=O)c1OCc1ccc(Cl)cc1Cl. The first-order valence-electron chi connectivity index (χ1n) is 9.70. The predicted molar refractivity (Wildman–Crippen MR) is 129 cm³/mol. The normalized spacial score (nSPS) is 12.0. The molecule has 3 aromatic carbocycles. The molecule has 5 aromatic rings. The molecule has 0 N–H and O–H groups in total. The number of imidazole rings is 1. The molecular weight excluding hydrogens is 467 g/mol. The number of fused-ring (bicyclic) bond motifs is 3. The standard InChI is InChI=1S/C24H16Cl2N2O3S/c1-30-20-8-4-5-14(22(20)31-13-15-9-10-16(25)12-17(15)26)11-21-23(29)28-19-7-3-2-6-18(19)27-24(28)32-21/h2-12H,13H2,1H3. The number of nitrogens with zero attached hydrogens (tertiary/aromatic N) is 2. The average molecular weight is 483 g/mol. The topological polar surface area (TPSA) is 52.8 Å². The lowest BCUT2D eigenvalue weighted by molar-refractivity contribution is 0.284. The van der Waals surface area contributed by atoms with Gasteiger partial charge in [0.1, 0.15) is 6.61 Å². The third-order valence-corrected chi connectivity index (χ3v) is 6.60. The van der Waals surface area contributed by atoms with Gasteiger partial charge in [0.2, 0.25) is 0 Å². The van der Waals surface area contributed by atoms with Crippen molar-refractivity contribution in [2.75, 3.05) is 7.11 Å². The zero-order chi connectivity index (χ0) is 22.2. The summed E-state index contributed by atoms with van der Waals surface area (Å²) in [4.78, 5) is 18.4. The Morgan fingerprint density at radius 2 is 1.94 bits per heavy atom. The van der Waals surface area contributed by atoms with E-state index in [2.05, 4.69) is 4.98 Å². The fourth-order valence-corrected chi connectivity index (χ4v) is 4.94. The van der Waals surface area contributed by atoms with Gasteiger partial charge in [0.05, 0.1) is 22.7 Å². The van der Waals surface area contributed by atoms with Gasteiger partial charge in [-0.25, -0.2) is 9.38 Å². The minimum absolute atomic E-state index is 0.117. The van der Waals surface area contributed by atoms with Crippen LogP contribution in [0.2, 0.25) is 10.0 Å². The van der Waals surface area contributed by atoms with Crippen LogP contribution in [0.3, 0.4) is 0 Å². The molecule has 0 aliphatic heterocycles. The molecule has 0 fully saturated rings. The Kier molecular flexibility index (Phi) is 5.51. The predicted octanol–water partition coefficient (Wildman–Crippen LogP) is 5.35. The van der Waals surface area contributed by atoms with Crippen LogP contribution in [0.15, 0.2) is 65.5 Å². The molecule has 0 spiro atoms. The molecule has 0 atom stereocenters. The lowest BCUT2D eigenvalue weighted by atomic mass is 10.1. The van der Waals surface area contributed by atoms with Crippen molar-refractivity contribution in [3.8, 4) is 11.5 Å². The Morgan fingerprint density at radius 3 is 2.75 bits per heavy atom. The Hall–Kier alpha value is -3.06. The lowest BCUT2D eigenvalue weighted by Crippen LogP contribution is -2.22. The van der Waals surface area contributed by atoms with Gasteiger partial charge in [-0.1, -0.05) is 64.9 Å². The number of ether oxygens (including phenoxy) is 2. The molecular formula is C24H16Cl2N2O3S. The van der Waals surface area contributed by atoms with Crippen LogP contribution in [-0.2, 0) is 6.61 Å². The number of hydrogen-bond acceptors (Lipinski definition) is 5. The molecule has 2 heterocycles. The van der Waals surface area contributed by atoms with Crippen molar-refractivity contribution in [1.82, 2.24) is 9.38 Å². The molecule has 0 aliphatic carbocycles. The fraction of sp³-hybridized carbons (Fsp3) is 0.0833. The number of halogens is 2. The van der Waals surface area contributed by atoms with Crippen LogP contribution in [0.25, 0.3) is 22.1 Å². The molecule has 0 aliphatic rings. The molecule has 0 radical (unpaired) electrons. The van der Waals surface area contributed by atoms with Crippen molar-refractivity contribution in [3.05, 3.63) is 96.7 Å². The van der Waals surface area contributed by atoms with Crippen molar-refractivity contribution in [2.45, 2.75) is 6.61 Å². The second-order valence-corrected chi connectivity index (χ2v) is 8.89. The number of aromatic nitrogens is 2. The van der Waals surface area contributed by atoms with E-state index in [4.69, 9.17) is 32.7 Å². The van der Waals surface area contributed by atoms with Crippen LogP contribution in [0.4, 0.5) is 0 Å². The number of methoxy groups -OCH3 is 1. The van der Waals surface area contributed by atoms with E-state index in [1.165, 1.54) is 11.3 Å². The summed E-state index contributed by atoms with van der Waals surface area (Å²) < 4.78 is 13.8. The van der Waals surface area contributed by atoms with E-state index < -0.39 is 0 Å². The number of benzene rings is 3. The first-order valence-corrected chi connectivity index (χ1v) is 11.3. The van der Waals surface area contributed by atoms with Crippen molar-refractivity contribution < 1.29 is 9.47 Å². The van der Waals surface area contributed by atoms with Gasteiger partial charge in [0, 0.05) is 21.2 Å². The second kappa shape index (κ2) is 8.47. The second-order valence-electron chi connectivity index (χ2n) is 7.04. The highest BCUT2D eigenvalue weighted by molar-refractivity contribution is 7.15. The maximum absolute atomic E-state index is 13.1. The molecule has 5 rings (SSSR count). The van der Waals surface area contributed by atoms with Gasteiger partial charge in [-0.2, -0.15) is 0 Å². The van der Waals surface area contributed by atoms with Crippen molar-refractivity contribution in [2.24, 2.45) is 0 Å². The molecule has 0 unspecified atom stereocenters. The molecule has 8 heteroatoms. The first kappa shape index (κ1) is 20.8. The minimum Gasteiger partial charge on any atom is -0.493 e. The van der Waals surface area contributed by atoms with Crippen LogP contribution >= 0.6 is 34.5 Å². The number of hydrogen-bond donors (Lipinski definition) is 0. The average Bonchev–Trinajstić information content (AvgIpc) is 3.29. The fourth-order valence-electron chi connectivity index (χ4n) is 3.50. The zero-order valence-corrected chi connectivity index (χ0v) is 19.2. The highest BCUT2D eigenvalue weighted by Gasteiger charge is 2.14. The largest absolute Gasteiger partial charge is 0.493 e. The summed E-state index contributed by atoms with van der Waals surface area (Å²) in [5, 5.41) is 1.08. The van der Waals surface area contributed by atoms with E-state index in [1.807, 2.05) is 48.5 Å². The van der Waals surface area contributed by atoms with Crippen LogP contribution in [0.1, 0.15) is 11.1 Å². The van der Waals surface area contributed by atoms with Gasteiger partial charge in [-0.3, -0.25) is 4.79 Å². The zero-order valence-electron chi connectivity index (χ0n) is 16.8. The summed E-state index contributed by atoms with van der Waals surface area (Å²) in [6, 6.07) is 18.4. The Morgan fingerprint density at radius 1 is 1.09 bits per heavy atom. The maximum atomic E-state index is 13.1. The quantitative estimate of drug-likeness (QED) is 0.338. The van der Waals surface area contributed by atoms with E-state index in [0.717, 1.165) is 22.2 Å². The molecule has 2 aromatic heterocycles. The molecule has 0 saturated heterocycles. The van der Waals surface area contributed by atoms with Gasteiger partial charge in [0.15, 0.2) is 16.5 Å². The molecule has 0 saturated carbocycles. The van der Waals surface area contributed by atoms with E-state index in [0.29, 0.717) is 31.0 Å². The van der Waals surface area contributed by atoms with Gasteiger partial charge >= 0.3 is 0 Å². The summed E-state index contributed by atoms with van der Waals surface area (Å²) in [5.74, 6) is 1.08. The smallest absolute Gasteiger partial charge is 0.274 e. The molecule has 160 valence electrons. The third kappa shape index (κ3) is 3.71. The highest BCUT2D eigenvalue weighted by atomic mass is 35.5. The summed E-state index contributed by atoms with van der Waals surface area (Å²) in [7, 11) is 1.58. The van der Waals surface area contributed by atoms with E-state index >= 15 is 0 Å². The monoisotopic (exact) mass is 482 g/mol. The number of rotatable bonds is 5. The Balaban J connectivity index is 1.59. The van der Waals surface area contributed by atoms with E-state index in [-0.39, 0.29) is 12.2 Å². The van der Waals surface area contributed by atoms with Crippen molar-refractivity contribution in [1.29, 1.82) is 0 Å². The van der Waals surface area contributed by atoms with Crippen molar-refractivity contribution >= 4 is 56.6 Å². The molecule has 0 bridgehead atoms. The van der Waals surface area contributed by atoms with Crippen LogP contribution in [0, 0.1) is 0 Å². The molecule has 32 heavy (non-hydrogen) atoms. The molecule has 5 nitrogen and oxygen atoms in total. The van der Waals surface area contributed by atoms with Crippen LogP contribution < -0.4 is 19.6 Å². The van der Waals surface area contributed by atoms with Gasteiger partial charge in [-0.05, 0) is 36.4 Å². The van der Waals surface area contributed by atoms with Gasteiger partial charge in [0.25, 0.3) is 5.56 Å². The van der Waals surface area contributed by atoms with E-state index in [1.54, 1.807) is 29.7 Å². The Bertz CT molecular complexity index is 1580. The van der Waals surface area contributed by atoms with Crippen molar-refractivity contribution in [3.63, 3.8) is 0 Å². The van der Waals surface area contributed by atoms with Gasteiger partial charge < -0.3 is 9.47 Å². The Labute approximate surface area is 197 Å². The minimum atomic E-state index is -0.117. The van der Waals surface area contributed by atoms with E-state index in [9.17, 15) is 4.79 Å². The summed E-state index contributed by atoms with van der Waals surface area (Å²) in [5.41, 5.74) is 2.99. The highest BCUT2D eigenvalue weighted by Crippen LogP contribution is 2.33. The summed E-state index contributed by atoms with van der Waals surface area (Å²) in [6.45, 7) is 0.222. The first-order chi connectivity index (χ1) is 15.5. The van der Waals surface area contributed by atoms with Crippen LogP contribution in [0.5, 0.6) is 11.5 Å². The number of thiazole rings is 1. The lowest BCUT2D eigenvalue weighted by Gasteiger charge is -2.14. The van der Waals surface area contributed by atoms with Crippen LogP contribution in [-0.4, -0.2) is 16.5 Å². The van der Waals surface area contributed by atoms with Gasteiger partial charge in [-0.15, -0.1) is 0 Å².